The number of hydrogen-bond donors (Lipinski definition) is 0. The highest BCUT2D eigenvalue weighted by molar-refractivity contribution is 5.39. The maximum absolute atomic E-state index is 14.9. The molecule has 1 aromatic rings. The molecule has 1 aromatic carbocycles. The fourth-order valence-electron chi connectivity index (χ4n) is 2.47. The molecule has 0 aliphatic rings. The highest BCUT2D eigenvalue weighted by Crippen LogP contribution is 2.52. The van der Waals surface area contributed by atoms with Crippen LogP contribution in [0.4, 0.5) is 26.3 Å². The second-order valence-electron chi connectivity index (χ2n) is 10.3. The molecule has 0 atom stereocenters. The van der Waals surface area contributed by atoms with Gasteiger partial charge < -0.3 is 0 Å². The molecule has 0 aliphatic carbocycles. The molecule has 0 heterocycles. The van der Waals surface area contributed by atoms with Crippen molar-refractivity contribution in [2.75, 3.05) is 0 Å². The molecular weight excluding hydrogens is 366 g/mol. The topological polar surface area (TPSA) is 0 Å². The Kier molecular flexibility index (Phi) is 5.66. The number of benzene rings is 1. The Labute approximate surface area is 158 Å². The molecule has 0 bridgehead atoms. The van der Waals surface area contributed by atoms with Crippen LogP contribution in [0.5, 0.6) is 0 Å². The third kappa shape index (κ3) is 4.14. The first-order valence-electron chi connectivity index (χ1n) is 8.87. The van der Waals surface area contributed by atoms with E-state index in [4.69, 9.17) is 0 Å². The molecule has 0 unspecified atom stereocenters. The largest absolute Gasteiger partial charge is 0.277 e. The van der Waals surface area contributed by atoms with Gasteiger partial charge in [-0.2, -0.15) is 0 Å². The smallest absolute Gasteiger partial charge is 0.201 e. The van der Waals surface area contributed by atoms with Crippen LogP contribution in [-0.2, 0) is 17.8 Å². The van der Waals surface area contributed by atoms with E-state index in [9.17, 15) is 26.3 Å². The average Bonchev–Trinajstić information content (AvgIpc) is 2.43. The van der Waals surface area contributed by atoms with Gasteiger partial charge in [0.05, 0.1) is 0 Å². The molecule has 6 heteroatoms. The van der Waals surface area contributed by atoms with Gasteiger partial charge in [-0.1, -0.05) is 62.3 Å². The van der Waals surface area contributed by atoms with Crippen LogP contribution < -0.4 is 0 Å². The zero-order valence-electron chi connectivity index (χ0n) is 17.5. The molecule has 0 aromatic heterocycles. The van der Waals surface area contributed by atoms with Crippen molar-refractivity contribution in [1.29, 1.82) is 0 Å². The van der Waals surface area contributed by atoms with Gasteiger partial charge in [0.2, 0.25) is 0 Å². The Bertz CT molecular complexity index is 575. The maximum Gasteiger partial charge on any atom is 0.277 e. The highest BCUT2D eigenvalue weighted by atomic mass is 19.3. The van der Waals surface area contributed by atoms with Gasteiger partial charge in [-0.25, -0.2) is 26.3 Å². The molecule has 0 spiro atoms. The number of alkyl halides is 6. The van der Waals surface area contributed by atoms with Crippen molar-refractivity contribution < 1.29 is 26.3 Å². The molecule has 0 amide bonds. The van der Waals surface area contributed by atoms with Crippen molar-refractivity contribution in [2.45, 2.75) is 80.1 Å². The maximum atomic E-state index is 14.9. The van der Waals surface area contributed by atoms with E-state index in [-0.39, 0.29) is 0 Å². The third-order valence-electron chi connectivity index (χ3n) is 4.85. The lowest BCUT2D eigenvalue weighted by atomic mass is 9.76. The van der Waals surface area contributed by atoms with Crippen molar-refractivity contribution in [2.24, 2.45) is 16.2 Å². The summed E-state index contributed by atoms with van der Waals surface area (Å²) in [6.45, 7) is 11.2. The van der Waals surface area contributed by atoms with Crippen LogP contribution in [0.3, 0.4) is 0 Å². The molecule has 0 N–H and O–H groups in total. The SMILES string of the molecule is CC(C)(C)C(F)(F)c1cc(C(F)(F)C(C)(C)C)cc(C(F)(F)C(C)(C)C)c1. The van der Waals surface area contributed by atoms with Crippen LogP contribution >= 0.6 is 0 Å². The standard InChI is InChI=1S/C21H30F6/c1-16(2,3)19(22,23)13-10-14(20(24,25)17(4,5)6)12-15(11-13)21(26,27)18(7,8)9/h10-12H,1-9H3. The van der Waals surface area contributed by atoms with E-state index in [1.807, 2.05) is 0 Å². The summed E-state index contributed by atoms with van der Waals surface area (Å²) >= 11 is 0. The van der Waals surface area contributed by atoms with Crippen LogP contribution in [-0.4, -0.2) is 0 Å². The highest BCUT2D eigenvalue weighted by Gasteiger charge is 2.51. The minimum atomic E-state index is -3.57. The molecule has 0 saturated heterocycles. The predicted octanol–water partition coefficient (Wildman–Crippen LogP) is 8.10. The summed E-state index contributed by atoms with van der Waals surface area (Å²) in [6.07, 6.45) is 0. The summed E-state index contributed by atoms with van der Waals surface area (Å²) in [5.41, 5.74) is -7.36. The van der Waals surface area contributed by atoms with E-state index in [0.717, 1.165) is 0 Å². The Hall–Kier alpha value is -1.20. The zero-order chi connectivity index (χ0) is 21.9. The molecule has 0 saturated carbocycles. The molecule has 156 valence electrons. The Morgan fingerprint density at radius 2 is 0.556 bits per heavy atom. The number of rotatable bonds is 3. The van der Waals surface area contributed by atoms with Crippen molar-refractivity contribution in [3.63, 3.8) is 0 Å². The van der Waals surface area contributed by atoms with Gasteiger partial charge in [-0.05, 0) is 18.2 Å². The quantitative estimate of drug-likeness (QED) is 0.453. The van der Waals surface area contributed by atoms with Crippen molar-refractivity contribution in [1.82, 2.24) is 0 Å². The van der Waals surface area contributed by atoms with Crippen LogP contribution in [0.15, 0.2) is 18.2 Å². The average molecular weight is 396 g/mol. The van der Waals surface area contributed by atoms with Gasteiger partial charge in [-0.15, -0.1) is 0 Å². The van der Waals surface area contributed by atoms with E-state index < -0.39 is 50.7 Å². The summed E-state index contributed by atoms with van der Waals surface area (Å²) in [5, 5.41) is 0. The lowest BCUT2D eigenvalue weighted by molar-refractivity contribution is -0.116. The van der Waals surface area contributed by atoms with E-state index in [1.54, 1.807) is 0 Å². The number of halogens is 6. The Morgan fingerprint density at radius 3 is 0.667 bits per heavy atom. The van der Waals surface area contributed by atoms with Crippen LogP contribution in [0.1, 0.15) is 79.0 Å². The van der Waals surface area contributed by atoms with Gasteiger partial charge in [0.15, 0.2) is 0 Å². The molecule has 0 nitrogen and oxygen atoms in total. The van der Waals surface area contributed by atoms with Gasteiger partial charge in [-0.3, -0.25) is 0 Å². The first-order valence-corrected chi connectivity index (χ1v) is 8.87. The van der Waals surface area contributed by atoms with Crippen molar-refractivity contribution >= 4 is 0 Å². The van der Waals surface area contributed by atoms with Crippen molar-refractivity contribution in [3.8, 4) is 0 Å². The third-order valence-corrected chi connectivity index (χ3v) is 4.85. The fourth-order valence-corrected chi connectivity index (χ4v) is 2.47. The minimum Gasteiger partial charge on any atom is -0.201 e. The monoisotopic (exact) mass is 396 g/mol. The molecule has 0 fully saturated rings. The summed E-state index contributed by atoms with van der Waals surface area (Å²) < 4.78 is 89.4. The second kappa shape index (κ2) is 6.41. The van der Waals surface area contributed by atoms with Gasteiger partial charge in [0, 0.05) is 32.9 Å². The summed E-state index contributed by atoms with van der Waals surface area (Å²) in [5.74, 6) is -10.7. The summed E-state index contributed by atoms with van der Waals surface area (Å²) in [4.78, 5) is 0. The zero-order valence-corrected chi connectivity index (χ0v) is 17.5. The second-order valence-corrected chi connectivity index (χ2v) is 10.3. The first kappa shape index (κ1) is 23.8. The van der Waals surface area contributed by atoms with Crippen LogP contribution in [0, 0.1) is 16.2 Å². The van der Waals surface area contributed by atoms with E-state index >= 15 is 0 Å². The Morgan fingerprint density at radius 1 is 0.407 bits per heavy atom. The lowest BCUT2D eigenvalue weighted by Crippen LogP contribution is -2.36. The summed E-state index contributed by atoms with van der Waals surface area (Å²) in [7, 11) is 0. The lowest BCUT2D eigenvalue weighted by Gasteiger charge is -2.36. The van der Waals surface area contributed by atoms with E-state index in [0.29, 0.717) is 18.2 Å². The fraction of sp³-hybridized carbons (Fsp3) is 0.714. The van der Waals surface area contributed by atoms with Gasteiger partial charge in [0.25, 0.3) is 17.8 Å². The number of hydrogen-bond acceptors (Lipinski definition) is 0. The molecule has 27 heavy (non-hydrogen) atoms. The molecule has 0 aliphatic heterocycles. The van der Waals surface area contributed by atoms with Gasteiger partial charge in [0.1, 0.15) is 0 Å². The van der Waals surface area contributed by atoms with Crippen LogP contribution in [0.25, 0.3) is 0 Å². The van der Waals surface area contributed by atoms with Gasteiger partial charge >= 0.3 is 0 Å². The first-order chi connectivity index (χ1) is 11.6. The van der Waals surface area contributed by atoms with Crippen LogP contribution in [0.2, 0.25) is 0 Å². The Balaban J connectivity index is 3.90. The van der Waals surface area contributed by atoms with E-state index in [1.165, 1.54) is 62.3 Å². The molecule has 1 rings (SSSR count). The molecular formula is C21H30F6. The normalized spacial score (nSPS) is 15.2. The van der Waals surface area contributed by atoms with Crippen molar-refractivity contribution in [3.05, 3.63) is 34.9 Å². The predicted molar refractivity (Wildman–Crippen MR) is 96.5 cm³/mol. The summed E-state index contributed by atoms with van der Waals surface area (Å²) in [6, 6.07) is 2.00. The minimum absolute atomic E-state index is 0.665. The van der Waals surface area contributed by atoms with E-state index in [2.05, 4.69) is 0 Å². The molecule has 0 radical (unpaired) electrons.